The summed E-state index contributed by atoms with van der Waals surface area (Å²) < 4.78 is 10.9. The van der Waals surface area contributed by atoms with E-state index in [4.69, 9.17) is 9.47 Å². The van der Waals surface area contributed by atoms with Gasteiger partial charge in [0.25, 0.3) is 5.91 Å². The first-order chi connectivity index (χ1) is 19.6. The van der Waals surface area contributed by atoms with Gasteiger partial charge in [-0.25, -0.2) is 0 Å². The molecule has 7 nitrogen and oxygen atoms in total. The normalized spacial score (nSPS) is 17.8. The number of piperidine rings is 1. The number of hydrogen-bond acceptors (Lipinski definition) is 6. The summed E-state index contributed by atoms with van der Waals surface area (Å²) in [6, 6.07) is 28.6. The number of nitrogens with zero attached hydrogens (tertiary/aromatic N) is 1. The van der Waals surface area contributed by atoms with Crippen LogP contribution in [0, 0.1) is 11.8 Å². The lowest BCUT2D eigenvalue weighted by Gasteiger charge is -2.45. The molecule has 41 heavy (non-hydrogen) atoms. The van der Waals surface area contributed by atoms with Gasteiger partial charge >= 0.3 is 11.9 Å². The van der Waals surface area contributed by atoms with Crippen LogP contribution in [0.1, 0.15) is 34.6 Å². The summed E-state index contributed by atoms with van der Waals surface area (Å²) in [7, 11) is 0. The van der Waals surface area contributed by atoms with E-state index in [9.17, 15) is 19.2 Å². The van der Waals surface area contributed by atoms with E-state index in [1.165, 1.54) is 0 Å². The molecule has 1 aliphatic heterocycles. The first-order valence-corrected chi connectivity index (χ1v) is 15.5. The van der Waals surface area contributed by atoms with Crippen LogP contribution in [0.2, 0.25) is 0 Å². The topological polar surface area (TPSA) is 90.0 Å². The quantitative estimate of drug-likeness (QED) is 0.186. The van der Waals surface area contributed by atoms with Crippen molar-refractivity contribution in [3.63, 3.8) is 0 Å². The number of imide groups is 1. The highest BCUT2D eigenvalue weighted by Crippen LogP contribution is 2.51. The van der Waals surface area contributed by atoms with Crippen LogP contribution in [-0.4, -0.2) is 52.7 Å². The van der Waals surface area contributed by atoms with Crippen molar-refractivity contribution in [2.75, 3.05) is 13.2 Å². The van der Waals surface area contributed by atoms with Crippen molar-refractivity contribution < 1.29 is 28.7 Å². The zero-order valence-electron chi connectivity index (χ0n) is 24.1. The zero-order valence-corrected chi connectivity index (χ0v) is 25.0. The summed E-state index contributed by atoms with van der Waals surface area (Å²) in [6.45, 7) is 5.33. The Morgan fingerprint density at radius 3 is 1.39 bits per heavy atom. The third kappa shape index (κ3) is 5.39. The second kappa shape index (κ2) is 12.3. The first-order valence-electron chi connectivity index (χ1n) is 13.8. The molecule has 0 aliphatic carbocycles. The lowest BCUT2D eigenvalue weighted by molar-refractivity contribution is -0.169. The first kappa shape index (κ1) is 30.0. The Balaban J connectivity index is 2.34. The number of rotatable bonds is 7. The van der Waals surface area contributed by atoms with Crippen LogP contribution in [0.15, 0.2) is 91.0 Å². The fourth-order valence-electron chi connectivity index (χ4n) is 5.54. The van der Waals surface area contributed by atoms with Crippen LogP contribution in [-0.2, 0) is 28.7 Å². The van der Waals surface area contributed by atoms with E-state index in [0.29, 0.717) is 0 Å². The van der Waals surface area contributed by atoms with E-state index < -0.39 is 48.0 Å². The monoisotopic (exact) mass is 573 g/mol. The average Bonchev–Trinajstić information content (AvgIpc) is 2.95. The number of carbonyl (C=O) groups is 4. The van der Waals surface area contributed by atoms with Gasteiger partial charge in [0.05, 0.1) is 13.2 Å². The molecule has 2 amide bonds. The number of amides is 2. The molecule has 0 N–H and O–H groups in total. The molecule has 1 saturated heterocycles. The van der Waals surface area contributed by atoms with Crippen molar-refractivity contribution in [3.05, 3.63) is 91.0 Å². The van der Waals surface area contributed by atoms with Gasteiger partial charge in [0, 0.05) is 10.8 Å². The zero-order chi connectivity index (χ0) is 29.8. The van der Waals surface area contributed by atoms with Gasteiger partial charge in [-0.3, -0.25) is 24.1 Å². The van der Waals surface area contributed by atoms with Crippen LogP contribution < -0.4 is 15.9 Å². The summed E-state index contributed by atoms with van der Waals surface area (Å²) in [5.41, 5.74) is -0.997. The van der Waals surface area contributed by atoms with Gasteiger partial charge in [-0.1, -0.05) is 91.0 Å². The Kier molecular flexibility index (Phi) is 8.98. The van der Waals surface area contributed by atoms with E-state index in [0.717, 1.165) is 20.8 Å². The lowest BCUT2D eigenvalue weighted by Crippen LogP contribution is -2.65. The van der Waals surface area contributed by atoms with Crippen LogP contribution in [0.4, 0.5) is 0 Å². The van der Waals surface area contributed by atoms with Crippen molar-refractivity contribution in [2.24, 2.45) is 11.8 Å². The van der Waals surface area contributed by atoms with E-state index in [1.807, 2.05) is 91.0 Å². The third-order valence-corrected chi connectivity index (χ3v) is 11.5. The maximum Gasteiger partial charge on any atom is 0.319 e. The summed E-state index contributed by atoms with van der Waals surface area (Å²) in [4.78, 5) is 57.7. The van der Waals surface area contributed by atoms with E-state index in [-0.39, 0.29) is 18.5 Å². The Labute approximate surface area is 241 Å². The Morgan fingerprint density at radius 2 is 1.05 bits per heavy atom. The van der Waals surface area contributed by atoms with Gasteiger partial charge in [0.2, 0.25) is 5.91 Å². The van der Waals surface area contributed by atoms with Crippen molar-refractivity contribution in [2.45, 2.75) is 40.2 Å². The molecular formula is C33H36NO6P. The molecule has 8 heteroatoms. The van der Waals surface area contributed by atoms with Crippen molar-refractivity contribution in [3.8, 4) is 0 Å². The van der Waals surface area contributed by atoms with Gasteiger partial charge in [0.1, 0.15) is 5.92 Å². The highest BCUT2D eigenvalue weighted by atomic mass is 31.2. The molecule has 1 heterocycles. The Hall–Kier alpha value is -3.96. The van der Waals surface area contributed by atoms with Crippen molar-refractivity contribution >= 4 is 51.8 Å². The molecule has 3 aromatic carbocycles. The van der Waals surface area contributed by atoms with Crippen LogP contribution in [0.25, 0.3) is 0 Å². The summed E-state index contributed by atoms with van der Waals surface area (Å²) in [6.07, 6.45) is 0. The molecule has 4 rings (SSSR count). The fraction of sp³-hybridized carbons (Fsp3) is 0.303. The van der Waals surface area contributed by atoms with Gasteiger partial charge in [-0.2, -0.15) is 0 Å². The molecule has 214 valence electrons. The second-order valence-electron chi connectivity index (χ2n) is 10.7. The maximum absolute atomic E-state index is 14.9. The molecule has 0 radical (unpaired) electrons. The number of ether oxygens (including phenoxy) is 2. The molecule has 0 spiro atoms. The Morgan fingerprint density at radius 1 is 0.683 bits per heavy atom. The summed E-state index contributed by atoms with van der Waals surface area (Å²) in [5, 5.41) is 2.59. The van der Waals surface area contributed by atoms with E-state index >= 15 is 0 Å². The Bertz CT molecular complexity index is 1370. The highest BCUT2D eigenvalue weighted by molar-refractivity contribution is 7.96. The number of hydrogen-bond donors (Lipinski definition) is 0. The van der Waals surface area contributed by atoms with Gasteiger partial charge in [0.15, 0.2) is 5.92 Å². The number of likely N-dealkylation sites (tertiary alicyclic amines) is 1. The fourth-order valence-corrected chi connectivity index (χ4v) is 10.2. The van der Waals surface area contributed by atoms with Gasteiger partial charge < -0.3 is 9.47 Å². The second-order valence-corrected chi connectivity index (χ2v) is 14.0. The summed E-state index contributed by atoms with van der Waals surface area (Å²) >= 11 is 0. The minimum Gasteiger partial charge on any atom is -0.465 e. The van der Waals surface area contributed by atoms with Crippen LogP contribution >= 0.6 is 6.89 Å². The molecular weight excluding hydrogens is 537 g/mol. The molecule has 0 aromatic heterocycles. The molecule has 2 atom stereocenters. The number of esters is 2. The highest BCUT2D eigenvalue weighted by Gasteiger charge is 2.58. The van der Waals surface area contributed by atoms with Crippen molar-refractivity contribution in [1.82, 2.24) is 4.90 Å². The lowest BCUT2D eigenvalue weighted by atomic mass is 9.82. The van der Waals surface area contributed by atoms with Crippen LogP contribution in [0.5, 0.6) is 0 Å². The molecule has 1 aliphatic rings. The standard InChI is InChI=1S/C33H36NO6P/c1-6-39-31(37)26-27(32(38)40-7-2)29(35)34(33(3,4)5)30(36)28(26)41(23-17-11-8-12-18-23,24-19-13-9-14-20-24)25-21-15-10-16-22-25/h8-22,26-27H,6-7H2,1-5H3. The molecule has 0 bridgehead atoms. The molecule has 0 saturated carbocycles. The molecule has 2 unspecified atom stereocenters. The largest absolute Gasteiger partial charge is 0.465 e. The van der Waals surface area contributed by atoms with Gasteiger partial charge in [-0.05, 0) is 57.4 Å². The van der Waals surface area contributed by atoms with E-state index in [2.05, 4.69) is 0 Å². The van der Waals surface area contributed by atoms with E-state index in [1.54, 1.807) is 34.6 Å². The van der Waals surface area contributed by atoms with Gasteiger partial charge in [-0.15, -0.1) is 0 Å². The minimum atomic E-state index is -3.18. The number of carbonyl (C=O) groups excluding carboxylic acids is 4. The molecule has 1 fully saturated rings. The van der Waals surface area contributed by atoms with Crippen LogP contribution in [0.3, 0.4) is 0 Å². The average molecular weight is 574 g/mol. The van der Waals surface area contributed by atoms with Crippen molar-refractivity contribution in [1.29, 1.82) is 0 Å². The third-order valence-electron chi connectivity index (χ3n) is 7.08. The predicted octanol–water partition coefficient (Wildman–Crippen LogP) is 3.68. The SMILES string of the molecule is CCOC(=O)C1C(=O)N(C(C)(C)C)C(=O)C(=P(c2ccccc2)(c2ccccc2)c2ccccc2)C1C(=O)OCC. The maximum atomic E-state index is 14.9. The molecule has 3 aromatic rings. The summed E-state index contributed by atoms with van der Waals surface area (Å²) in [5.74, 6) is -6.09. The number of benzene rings is 3. The predicted molar refractivity (Wildman–Crippen MR) is 162 cm³/mol. The minimum absolute atomic E-state index is 0.00724. The smallest absolute Gasteiger partial charge is 0.319 e.